The third-order valence-corrected chi connectivity index (χ3v) is 5.45. The summed E-state index contributed by atoms with van der Waals surface area (Å²) in [4.78, 5) is 8.63. The maximum atomic E-state index is 5.90. The molecule has 1 aromatic heterocycles. The minimum Gasteiger partial charge on any atom is -0.494 e. The van der Waals surface area contributed by atoms with Gasteiger partial charge in [-0.1, -0.05) is 56.8 Å². The van der Waals surface area contributed by atoms with Gasteiger partial charge in [0.25, 0.3) is 0 Å². The molecule has 0 unspecified atom stereocenters. The molecule has 3 aromatic rings. The minimum atomic E-state index is -0.109. The molecule has 0 radical (unpaired) electrons. The van der Waals surface area contributed by atoms with Crippen LogP contribution in [0.2, 0.25) is 0 Å². The van der Waals surface area contributed by atoms with E-state index in [-0.39, 0.29) is 5.41 Å². The van der Waals surface area contributed by atoms with Crippen molar-refractivity contribution in [3.63, 3.8) is 0 Å². The lowest BCUT2D eigenvalue weighted by Gasteiger charge is -2.26. The molecule has 0 amide bonds. The summed E-state index contributed by atoms with van der Waals surface area (Å²) in [6.45, 7) is 7.75. The van der Waals surface area contributed by atoms with Crippen LogP contribution in [0.4, 0.5) is 0 Å². The van der Waals surface area contributed by atoms with E-state index in [1.165, 1.54) is 22.9 Å². The van der Waals surface area contributed by atoms with Gasteiger partial charge in [-0.05, 0) is 54.1 Å². The van der Waals surface area contributed by atoms with Crippen LogP contribution in [-0.4, -0.2) is 22.8 Å². The molecular formula is C24H28N2O2S. The van der Waals surface area contributed by atoms with Crippen molar-refractivity contribution in [1.82, 2.24) is 9.97 Å². The molecular weight excluding hydrogens is 380 g/mol. The fraction of sp³-hybridized carbons (Fsp3) is 0.333. The lowest BCUT2D eigenvalue weighted by Crippen LogP contribution is -2.18. The molecule has 0 N–H and O–H groups in total. The van der Waals surface area contributed by atoms with Gasteiger partial charge < -0.3 is 9.47 Å². The van der Waals surface area contributed by atoms with E-state index >= 15 is 0 Å². The maximum Gasteiger partial charge on any atom is 0.187 e. The molecule has 0 bridgehead atoms. The van der Waals surface area contributed by atoms with Crippen LogP contribution in [0.15, 0.2) is 66.0 Å². The molecule has 0 atom stereocenters. The van der Waals surface area contributed by atoms with E-state index in [2.05, 4.69) is 67.1 Å². The molecule has 0 aliphatic heterocycles. The van der Waals surface area contributed by atoms with Crippen LogP contribution < -0.4 is 9.47 Å². The summed E-state index contributed by atoms with van der Waals surface area (Å²) in [6, 6.07) is 18.6. The number of rotatable bonds is 9. The summed E-state index contributed by atoms with van der Waals surface area (Å²) >= 11 is 1.53. The number of benzene rings is 2. The number of hydrogen-bond donors (Lipinski definition) is 0. The zero-order chi connectivity index (χ0) is 20.7. The van der Waals surface area contributed by atoms with Gasteiger partial charge in [-0.15, -0.1) is 0 Å². The first-order valence-corrected chi connectivity index (χ1v) is 11.1. The van der Waals surface area contributed by atoms with E-state index in [1.54, 1.807) is 6.20 Å². The molecule has 3 rings (SSSR count). The minimum absolute atomic E-state index is 0.109. The van der Waals surface area contributed by atoms with Crippen molar-refractivity contribution in [3.05, 3.63) is 77.6 Å². The average Bonchev–Trinajstić information content (AvgIpc) is 2.77. The number of thioether (sulfide) groups is 1. The van der Waals surface area contributed by atoms with Gasteiger partial charge in [0.2, 0.25) is 0 Å². The first-order chi connectivity index (χ1) is 14.0. The van der Waals surface area contributed by atoms with Crippen LogP contribution in [0.25, 0.3) is 0 Å². The quantitative estimate of drug-likeness (QED) is 0.326. The summed E-state index contributed by atoms with van der Waals surface area (Å²) in [5.74, 6) is 1.75. The summed E-state index contributed by atoms with van der Waals surface area (Å²) in [6.07, 6.45) is 4.74. The van der Waals surface area contributed by atoms with Gasteiger partial charge in [0.1, 0.15) is 18.1 Å². The highest BCUT2D eigenvalue weighted by atomic mass is 32.2. The Kier molecular flexibility index (Phi) is 7.15. The van der Waals surface area contributed by atoms with E-state index in [0.29, 0.717) is 6.61 Å². The molecule has 152 valence electrons. The first-order valence-electron chi connectivity index (χ1n) is 9.85. The molecule has 0 spiro atoms. The van der Waals surface area contributed by atoms with Crippen LogP contribution in [0.1, 0.15) is 44.0 Å². The van der Waals surface area contributed by atoms with Crippen molar-refractivity contribution >= 4 is 11.8 Å². The van der Waals surface area contributed by atoms with E-state index in [9.17, 15) is 0 Å². The van der Waals surface area contributed by atoms with Gasteiger partial charge in [-0.25, -0.2) is 9.97 Å². The smallest absolute Gasteiger partial charge is 0.187 e. The van der Waals surface area contributed by atoms with Crippen LogP contribution in [0.5, 0.6) is 11.5 Å². The van der Waals surface area contributed by atoms with E-state index < -0.39 is 0 Å². The average molecular weight is 409 g/mol. The third kappa shape index (κ3) is 5.51. The van der Waals surface area contributed by atoms with E-state index in [4.69, 9.17) is 9.47 Å². The predicted octanol–water partition coefficient (Wildman–Crippen LogP) is 5.89. The summed E-state index contributed by atoms with van der Waals surface area (Å²) in [5.41, 5.74) is 3.25. The van der Waals surface area contributed by atoms with Crippen molar-refractivity contribution in [1.29, 1.82) is 0 Å². The lowest BCUT2D eigenvalue weighted by molar-refractivity contribution is 0.300. The second-order valence-electron chi connectivity index (χ2n) is 7.35. The molecule has 0 fully saturated rings. The summed E-state index contributed by atoms with van der Waals surface area (Å²) < 4.78 is 11.6. The fourth-order valence-corrected chi connectivity index (χ4v) is 3.41. The van der Waals surface area contributed by atoms with Crippen molar-refractivity contribution in [3.8, 4) is 11.5 Å². The highest BCUT2D eigenvalue weighted by Crippen LogP contribution is 2.33. The topological polar surface area (TPSA) is 44.2 Å². The molecule has 29 heavy (non-hydrogen) atoms. The van der Waals surface area contributed by atoms with Gasteiger partial charge >= 0.3 is 0 Å². The Morgan fingerprint density at radius 2 is 1.45 bits per heavy atom. The largest absolute Gasteiger partial charge is 0.494 e. The molecule has 0 aliphatic rings. The molecule has 1 heterocycles. The number of aromatic nitrogens is 2. The Morgan fingerprint density at radius 3 is 2.00 bits per heavy atom. The van der Waals surface area contributed by atoms with Gasteiger partial charge in [0.05, 0.1) is 12.3 Å². The molecule has 0 saturated heterocycles. The van der Waals surface area contributed by atoms with E-state index in [1.807, 2.05) is 24.5 Å². The third-order valence-electron chi connectivity index (χ3n) is 4.89. The Morgan fingerprint density at radius 1 is 0.862 bits per heavy atom. The van der Waals surface area contributed by atoms with Gasteiger partial charge in [0, 0.05) is 11.6 Å². The van der Waals surface area contributed by atoms with Crippen molar-refractivity contribution in [2.24, 2.45) is 0 Å². The van der Waals surface area contributed by atoms with E-state index in [0.717, 1.165) is 35.4 Å². The second kappa shape index (κ2) is 9.79. The molecule has 0 saturated carbocycles. The Hall–Kier alpha value is -2.53. The van der Waals surface area contributed by atoms with Crippen LogP contribution >= 0.6 is 11.8 Å². The first kappa shape index (κ1) is 21.2. The van der Waals surface area contributed by atoms with Crippen LogP contribution in [-0.2, 0) is 12.0 Å². The van der Waals surface area contributed by atoms with Gasteiger partial charge in [-0.3, -0.25) is 0 Å². The molecule has 2 aromatic carbocycles. The van der Waals surface area contributed by atoms with Crippen molar-refractivity contribution in [2.45, 2.75) is 44.4 Å². The Bertz CT molecular complexity index is 909. The summed E-state index contributed by atoms with van der Waals surface area (Å²) in [5, 5.41) is 0.759. The molecule has 5 heteroatoms. The highest BCUT2D eigenvalue weighted by molar-refractivity contribution is 7.98. The van der Waals surface area contributed by atoms with Gasteiger partial charge in [-0.2, -0.15) is 0 Å². The Balaban J connectivity index is 1.66. The number of hydrogen-bond acceptors (Lipinski definition) is 5. The van der Waals surface area contributed by atoms with Crippen molar-refractivity contribution in [2.75, 3.05) is 12.9 Å². The fourth-order valence-electron chi connectivity index (χ4n) is 3.03. The normalized spacial score (nSPS) is 11.3. The molecule has 4 nitrogen and oxygen atoms in total. The highest BCUT2D eigenvalue weighted by Gasteiger charge is 2.23. The standard InChI is InChI=1S/C24H28N2O2S/c1-5-16-27-21-10-6-18(7-11-21)24(2,3)19-8-12-22(13-9-19)28-17-20-14-15-25-23(26-20)29-4/h6-15H,5,16-17H2,1-4H3. The predicted molar refractivity (Wildman–Crippen MR) is 119 cm³/mol. The maximum absolute atomic E-state index is 5.90. The zero-order valence-corrected chi connectivity index (χ0v) is 18.3. The van der Waals surface area contributed by atoms with Crippen molar-refractivity contribution < 1.29 is 9.47 Å². The Labute approximate surface area is 177 Å². The van der Waals surface area contributed by atoms with Crippen LogP contribution in [0.3, 0.4) is 0 Å². The number of nitrogens with zero attached hydrogens (tertiary/aromatic N) is 2. The van der Waals surface area contributed by atoms with Gasteiger partial charge in [0.15, 0.2) is 5.16 Å². The zero-order valence-electron chi connectivity index (χ0n) is 17.5. The molecule has 0 aliphatic carbocycles. The monoisotopic (exact) mass is 408 g/mol. The number of ether oxygens (including phenoxy) is 2. The lowest BCUT2D eigenvalue weighted by atomic mass is 9.78. The van der Waals surface area contributed by atoms with Crippen LogP contribution in [0, 0.1) is 0 Å². The SMILES string of the molecule is CCCOc1ccc(C(C)(C)c2ccc(OCc3ccnc(SC)n3)cc2)cc1. The second-order valence-corrected chi connectivity index (χ2v) is 8.12. The summed E-state index contributed by atoms with van der Waals surface area (Å²) in [7, 11) is 0.